The third-order valence-corrected chi connectivity index (χ3v) is 5.26. The molecule has 3 N–H and O–H groups in total. The molecule has 4 aromatic rings. The smallest absolute Gasteiger partial charge is 0.264 e. The first-order chi connectivity index (χ1) is 15.9. The Labute approximate surface area is 196 Å². The SMILES string of the molecule is CCc1ccc2oc(-c3ccc(NC(=S)NC(=O)COc4ccccc4C)cc3O)nc2c1. The van der Waals surface area contributed by atoms with E-state index in [1.807, 2.05) is 43.3 Å². The zero-order chi connectivity index (χ0) is 23.4. The van der Waals surface area contributed by atoms with Crippen LogP contribution >= 0.6 is 12.2 Å². The topological polar surface area (TPSA) is 96.6 Å². The number of benzene rings is 3. The summed E-state index contributed by atoms with van der Waals surface area (Å²) in [6, 6.07) is 18.1. The molecule has 0 spiro atoms. The molecular formula is C25H23N3O4S. The Balaban J connectivity index is 1.38. The number of hydrogen-bond acceptors (Lipinski definition) is 6. The van der Waals surface area contributed by atoms with Crippen LogP contribution in [-0.4, -0.2) is 27.7 Å². The van der Waals surface area contributed by atoms with Gasteiger partial charge in [-0.2, -0.15) is 0 Å². The third-order valence-electron chi connectivity index (χ3n) is 5.05. The maximum absolute atomic E-state index is 12.1. The van der Waals surface area contributed by atoms with Crippen molar-refractivity contribution in [1.82, 2.24) is 10.3 Å². The number of ether oxygens (including phenoxy) is 1. The predicted octanol–water partition coefficient (Wildman–Crippen LogP) is 4.96. The molecule has 1 amide bonds. The number of thiocarbonyl (C=S) groups is 1. The molecule has 8 heteroatoms. The van der Waals surface area contributed by atoms with Gasteiger partial charge in [-0.1, -0.05) is 31.2 Å². The molecule has 7 nitrogen and oxygen atoms in total. The number of phenolic OH excluding ortho intramolecular Hbond substituents is 1. The van der Waals surface area contributed by atoms with Gasteiger partial charge >= 0.3 is 0 Å². The Morgan fingerprint density at radius 3 is 2.73 bits per heavy atom. The Hall–Kier alpha value is -3.91. The van der Waals surface area contributed by atoms with Crippen molar-refractivity contribution < 1.29 is 19.1 Å². The van der Waals surface area contributed by atoms with Gasteiger partial charge in [-0.3, -0.25) is 10.1 Å². The van der Waals surface area contributed by atoms with Gasteiger partial charge in [0.05, 0.1) is 5.56 Å². The number of aromatic nitrogens is 1. The van der Waals surface area contributed by atoms with Gasteiger partial charge in [-0.05, 0) is 67.0 Å². The fourth-order valence-electron chi connectivity index (χ4n) is 3.29. The standard InChI is InChI=1S/C25H23N3O4S/c1-3-16-8-11-22-19(12-16)27-24(32-22)18-10-9-17(13-20(18)29)26-25(33)28-23(30)14-31-21-7-5-4-6-15(21)2/h4-13,29H,3,14H2,1-2H3,(H2,26,28,30,33). The van der Waals surface area contributed by atoms with E-state index in [9.17, 15) is 9.90 Å². The van der Waals surface area contributed by atoms with Crippen molar-refractivity contribution >= 4 is 40.0 Å². The van der Waals surface area contributed by atoms with Gasteiger partial charge in [0.15, 0.2) is 17.3 Å². The first-order valence-corrected chi connectivity index (χ1v) is 10.9. The Morgan fingerprint density at radius 1 is 1.15 bits per heavy atom. The summed E-state index contributed by atoms with van der Waals surface area (Å²) in [5, 5.41) is 16.0. The van der Waals surface area contributed by atoms with Crippen molar-refractivity contribution in [3.05, 3.63) is 71.8 Å². The molecule has 0 aliphatic heterocycles. The lowest BCUT2D eigenvalue weighted by atomic mass is 10.1. The highest BCUT2D eigenvalue weighted by molar-refractivity contribution is 7.80. The van der Waals surface area contributed by atoms with E-state index in [0.29, 0.717) is 28.5 Å². The van der Waals surface area contributed by atoms with E-state index in [1.165, 1.54) is 6.07 Å². The second-order valence-corrected chi connectivity index (χ2v) is 7.87. The number of carbonyl (C=O) groups is 1. The van der Waals surface area contributed by atoms with E-state index in [-0.39, 0.29) is 17.5 Å². The van der Waals surface area contributed by atoms with Crippen molar-refractivity contribution in [1.29, 1.82) is 0 Å². The van der Waals surface area contributed by atoms with Crippen molar-refractivity contribution in [2.45, 2.75) is 20.3 Å². The molecule has 0 aliphatic rings. The summed E-state index contributed by atoms with van der Waals surface area (Å²) in [5.74, 6) is 0.539. The number of anilines is 1. The molecule has 0 saturated carbocycles. The van der Waals surface area contributed by atoms with Gasteiger partial charge in [0.1, 0.15) is 17.0 Å². The quantitative estimate of drug-likeness (QED) is 0.349. The number of amides is 1. The summed E-state index contributed by atoms with van der Waals surface area (Å²) in [7, 11) is 0. The summed E-state index contributed by atoms with van der Waals surface area (Å²) in [6.45, 7) is 3.80. The Bertz CT molecular complexity index is 1330. The fourth-order valence-corrected chi connectivity index (χ4v) is 3.52. The lowest BCUT2D eigenvalue weighted by molar-refractivity contribution is -0.121. The van der Waals surface area contributed by atoms with E-state index >= 15 is 0 Å². The maximum Gasteiger partial charge on any atom is 0.264 e. The van der Waals surface area contributed by atoms with Crippen LogP contribution in [0.1, 0.15) is 18.1 Å². The van der Waals surface area contributed by atoms with Crippen LogP contribution in [0.25, 0.3) is 22.6 Å². The number of nitrogens with one attached hydrogen (secondary N) is 2. The lowest BCUT2D eigenvalue weighted by Crippen LogP contribution is -2.37. The highest BCUT2D eigenvalue weighted by atomic mass is 32.1. The monoisotopic (exact) mass is 461 g/mol. The summed E-state index contributed by atoms with van der Waals surface area (Å²) < 4.78 is 11.3. The second kappa shape index (κ2) is 9.70. The summed E-state index contributed by atoms with van der Waals surface area (Å²) in [4.78, 5) is 16.6. The minimum Gasteiger partial charge on any atom is -0.507 e. The molecule has 0 fully saturated rings. The van der Waals surface area contributed by atoms with Crippen LogP contribution < -0.4 is 15.4 Å². The van der Waals surface area contributed by atoms with Gasteiger partial charge in [0.25, 0.3) is 5.91 Å². The van der Waals surface area contributed by atoms with Gasteiger partial charge in [-0.25, -0.2) is 4.98 Å². The molecule has 0 aliphatic carbocycles. The van der Waals surface area contributed by atoms with Gasteiger partial charge in [-0.15, -0.1) is 0 Å². The normalized spacial score (nSPS) is 10.7. The second-order valence-electron chi connectivity index (χ2n) is 7.46. The predicted molar refractivity (Wildman–Crippen MR) is 132 cm³/mol. The number of hydrogen-bond donors (Lipinski definition) is 3. The minimum atomic E-state index is -0.394. The zero-order valence-corrected chi connectivity index (χ0v) is 19.0. The number of para-hydroxylation sites is 1. The minimum absolute atomic E-state index is 0.0284. The molecule has 3 aromatic carbocycles. The van der Waals surface area contributed by atoms with E-state index in [2.05, 4.69) is 22.5 Å². The average Bonchev–Trinajstić information content (AvgIpc) is 3.21. The highest BCUT2D eigenvalue weighted by Crippen LogP contribution is 2.33. The molecule has 168 valence electrons. The molecule has 4 rings (SSSR count). The van der Waals surface area contributed by atoms with Crippen molar-refractivity contribution in [2.75, 3.05) is 11.9 Å². The third kappa shape index (κ3) is 5.30. The van der Waals surface area contributed by atoms with Crippen LogP contribution in [0.2, 0.25) is 0 Å². The Kier molecular flexibility index (Phi) is 6.55. The molecule has 1 heterocycles. The number of aryl methyl sites for hydroxylation is 2. The molecule has 0 unspecified atom stereocenters. The van der Waals surface area contributed by atoms with E-state index in [1.54, 1.807) is 18.2 Å². The fraction of sp³-hybridized carbons (Fsp3) is 0.160. The van der Waals surface area contributed by atoms with Crippen molar-refractivity contribution in [3.8, 4) is 23.0 Å². The van der Waals surface area contributed by atoms with Crippen LogP contribution in [0.4, 0.5) is 5.69 Å². The maximum atomic E-state index is 12.1. The largest absolute Gasteiger partial charge is 0.507 e. The lowest BCUT2D eigenvalue weighted by Gasteiger charge is -2.12. The number of rotatable bonds is 6. The number of nitrogens with zero attached hydrogens (tertiary/aromatic N) is 1. The zero-order valence-electron chi connectivity index (χ0n) is 18.2. The van der Waals surface area contributed by atoms with Crippen LogP contribution in [-0.2, 0) is 11.2 Å². The molecule has 33 heavy (non-hydrogen) atoms. The number of fused-ring (bicyclic) bond motifs is 1. The first-order valence-electron chi connectivity index (χ1n) is 10.4. The molecule has 0 bridgehead atoms. The average molecular weight is 462 g/mol. The van der Waals surface area contributed by atoms with Crippen LogP contribution in [0, 0.1) is 6.92 Å². The first kappa shape index (κ1) is 22.3. The van der Waals surface area contributed by atoms with Crippen LogP contribution in [0.3, 0.4) is 0 Å². The van der Waals surface area contributed by atoms with Gasteiger partial charge < -0.3 is 19.6 Å². The van der Waals surface area contributed by atoms with Gasteiger partial charge in [0.2, 0.25) is 5.89 Å². The summed E-state index contributed by atoms with van der Waals surface area (Å²) >= 11 is 5.19. The van der Waals surface area contributed by atoms with Crippen molar-refractivity contribution in [2.24, 2.45) is 0 Å². The van der Waals surface area contributed by atoms with E-state index in [4.69, 9.17) is 21.4 Å². The number of oxazole rings is 1. The number of aromatic hydroxyl groups is 1. The molecule has 1 aromatic heterocycles. The Morgan fingerprint density at radius 2 is 1.97 bits per heavy atom. The van der Waals surface area contributed by atoms with Gasteiger partial charge in [0, 0.05) is 11.8 Å². The van der Waals surface area contributed by atoms with Crippen molar-refractivity contribution in [3.63, 3.8) is 0 Å². The molecular weight excluding hydrogens is 438 g/mol. The molecule has 0 saturated heterocycles. The number of phenols is 1. The van der Waals surface area contributed by atoms with Crippen LogP contribution in [0.5, 0.6) is 11.5 Å². The number of carbonyl (C=O) groups excluding carboxylic acids is 1. The summed E-state index contributed by atoms with van der Waals surface area (Å²) in [5.41, 5.74) is 4.45. The van der Waals surface area contributed by atoms with E-state index < -0.39 is 5.91 Å². The van der Waals surface area contributed by atoms with Crippen LogP contribution in [0.15, 0.2) is 65.1 Å². The molecule has 0 radical (unpaired) electrons. The van der Waals surface area contributed by atoms with E-state index in [0.717, 1.165) is 23.1 Å². The summed E-state index contributed by atoms with van der Waals surface area (Å²) in [6.07, 6.45) is 0.901. The molecule has 0 atom stereocenters. The highest BCUT2D eigenvalue weighted by Gasteiger charge is 2.14.